The predicted molar refractivity (Wildman–Crippen MR) is 109 cm³/mol. The largest absolute Gasteiger partial charge is 0.471 e. The van der Waals surface area contributed by atoms with Crippen molar-refractivity contribution in [2.45, 2.75) is 45.5 Å². The van der Waals surface area contributed by atoms with Gasteiger partial charge in [-0.05, 0) is 42.2 Å². The highest BCUT2D eigenvalue weighted by molar-refractivity contribution is 7.89. The fourth-order valence-corrected chi connectivity index (χ4v) is 7.42. The smallest absolute Gasteiger partial charge is 0.464 e. The maximum atomic E-state index is 13.0. The van der Waals surface area contributed by atoms with Gasteiger partial charge in [0.05, 0.1) is 18.0 Å². The van der Waals surface area contributed by atoms with Crippen LogP contribution < -0.4 is 4.72 Å². The Labute approximate surface area is 170 Å². The van der Waals surface area contributed by atoms with Crippen LogP contribution in [-0.4, -0.2) is 43.1 Å². The Morgan fingerprint density at radius 2 is 2.03 bits per heavy atom. The summed E-state index contributed by atoms with van der Waals surface area (Å²) in [6, 6.07) is 7.28. The quantitative estimate of drug-likeness (QED) is 0.588. The van der Waals surface area contributed by atoms with Gasteiger partial charge >= 0.3 is 7.12 Å². The van der Waals surface area contributed by atoms with E-state index in [-0.39, 0.29) is 29.3 Å². The molecule has 0 unspecified atom stereocenters. The molecule has 2 aliphatic carbocycles. The van der Waals surface area contributed by atoms with Crippen LogP contribution in [0.2, 0.25) is 0 Å². The summed E-state index contributed by atoms with van der Waals surface area (Å²) >= 11 is 0. The van der Waals surface area contributed by atoms with Gasteiger partial charge in [0.15, 0.2) is 0 Å². The highest BCUT2D eigenvalue weighted by atomic mass is 32.2. The standard InChI is InChI=1S/C20H26BNO6S/c1-19(2)14-7-8-20(19,17(23)10-14)12-29(26,27)22-18(21(24)25)9-13-11-28-16-6-4-3-5-15(13)16/h3-6,11,14,18,22,24-25H,7-10,12H2,1-2H3/t14-,18+,20-/m1/s1. The summed E-state index contributed by atoms with van der Waals surface area (Å²) in [6.07, 6.45) is 3.39. The van der Waals surface area contributed by atoms with Crippen LogP contribution in [-0.2, 0) is 21.2 Å². The van der Waals surface area contributed by atoms with Crippen LogP contribution in [0.25, 0.3) is 11.0 Å². The van der Waals surface area contributed by atoms with Crippen LogP contribution in [0.1, 0.15) is 38.7 Å². The van der Waals surface area contributed by atoms with Crippen molar-refractivity contribution in [2.24, 2.45) is 16.7 Å². The normalized spacial score (nSPS) is 26.9. The van der Waals surface area contributed by atoms with Gasteiger partial charge in [0.1, 0.15) is 11.4 Å². The van der Waals surface area contributed by atoms with Gasteiger partial charge in [-0.25, -0.2) is 13.1 Å². The van der Waals surface area contributed by atoms with Crippen LogP contribution in [0.4, 0.5) is 0 Å². The second-order valence-electron chi connectivity index (χ2n) is 9.02. The number of rotatable bonds is 7. The summed E-state index contributed by atoms with van der Waals surface area (Å²) in [4.78, 5) is 12.7. The van der Waals surface area contributed by atoms with Crippen molar-refractivity contribution in [1.29, 1.82) is 0 Å². The van der Waals surface area contributed by atoms with E-state index in [2.05, 4.69) is 4.72 Å². The molecule has 2 bridgehead atoms. The number of carbonyl (C=O) groups is 1. The molecule has 2 aliphatic rings. The van der Waals surface area contributed by atoms with E-state index in [9.17, 15) is 23.3 Å². The lowest BCUT2D eigenvalue weighted by atomic mass is 9.70. The molecule has 0 radical (unpaired) electrons. The number of nitrogens with one attached hydrogen (secondary N) is 1. The molecule has 2 fully saturated rings. The van der Waals surface area contributed by atoms with Gasteiger partial charge in [0, 0.05) is 17.2 Å². The van der Waals surface area contributed by atoms with Crippen molar-refractivity contribution in [2.75, 3.05) is 5.75 Å². The summed E-state index contributed by atoms with van der Waals surface area (Å²) in [5.74, 6) is -1.25. The number of hydrogen-bond acceptors (Lipinski definition) is 6. The zero-order chi connectivity index (χ0) is 21.0. The first-order valence-corrected chi connectivity index (χ1v) is 11.6. The molecule has 1 aromatic carbocycles. The lowest BCUT2D eigenvalue weighted by molar-refractivity contribution is -0.128. The molecule has 0 saturated heterocycles. The van der Waals surface area contributed by atoms with Gasteiger partial charge < -0.3 is 14.5 Å². The molecule has 29 heavy (non-hydrogen) atoms. The molecule has 1 heterocycles. The summed E-state index contributed by atoms with van der Waals surface area (Å²) in [5.41, 5.74) is 0.0347. The van der Waals surface area contributed by atoms with Crippen LogP contribution in [0.3, 0.4) is 0 Å². The number of ketones is 1. The fraction of sp³-hybridized carbons (Fsp3) is 0.550. The molecule has 7 nitrogen and oxygen atoms in total. The topological polar surface area (TPSA) is 117 Å². The molecule has 4 rings (SSSR count). The Kier molecular flexibility index (Phi) is 4.93. The van der Waals surface area contributed by atoms with Crippen molar-refractivity contribution in [3.63, 3.8) is 0 Å². The number of benzene rings is 1. The van der Waals surface area contributed by atoms with E-state index in [1.165, 1.54) is 6.26 Å². The van der Waals surface area contributed by atoms with Gasteiger partial charge in [-0.15, -0.1) is 0 Å². The van der Waals surface area contributed by atoms with Gasteiger partial charge in [-0.3, -0.25) is 4.79 Å². The Morgan fingerprint density at radius 3 is 2.66 bits per heavy atom. The average Bonchev–Trinajstić information content (AvgIpc) is 3.20. The lowest BCUT2D eigenvalue weighted by Gasteiger charge is -2.36. The number of Topliss-reactive ketones (excluding diaryl/α,β-unsaturated/α-hetero) is 1. The minimum absolute atomic E-state index is 0.00560. The molecule has 156 valence electrons. The van der Waals surface area contributed by atoms with E-state index in [0.717, 1.165) is 11.8 Å². The molecule has 1 aromatic heterocycles. The highest BCUT2D eigenvalue weighted by Crippen LogP contribution is 2.64. The molecule has 0 amide bonds. The Hall–Kier alpha value is -1.68. The Bertz CT molecular complexity index is 1050. The molecule has 2 saturated carbocycles. The third-order valence-electron chi connectivity index (χ3n) is 7.27. The predicted octanol–water partition coefficient (Wildman–Crippen LogP) is 1.67. The summed E-state index contributed by atoms with van der Waals surface area (Å²) in [7, 11) is -5.82. The van der Waals surface area contributed by atoms with Crippen molar-refractivity contribution in [1.82, 2.24) is 4.72 Å². The van der Waals surface area contributed by atoms with Gasteiger partial charge in [-0.1, -0.05) is 32.0 Å². The Morgan fingerprint density at radius 1 is 1.31 bits per heavy atom. The second kappa shape index (κ2) is 6.94. The average molecular weight is 419 g/mol. The maximum Gasteiger partial charge on any atom is 0.471 e. The summed E-state index contributed by atoms with van der Waals surface area (Å²) in [5, 5.41) is 20.4. The minimum Gasteiger partial charge on any atom is -0.464 e. The van der Waals surface area contributed by atoms with E-state index in [1.807, 2.05) is 32.0 Å². The molecular formula is C20H26BNO6S. The maximum absolute atomic E-state index is 13.0. The van der Waals surface area contributed by atoms with Gasteiger partial charge in [0.25, 0.3) is 0 Å². The first kappa shape index (κ1) is 20.6. The number of fused-ring (bicyclic) bond motifs is 3. The van der Waals surface area contributed by atoms with Crippen LogP contribution >= 0.6 is 0 Å². The minimum atomic E-state index is -3.93. The second-order valence-corrected chi connectivity index (χ2v) is 10.8. The number of carbonyl (C=O) groups excluding carboxylic acids is 1. The van der Waals surface area contributed by atoms with Gasteiger partial charge in [0.2, 0.25) is 10.0 Å². The number of para-hydroxylation sites is 1. The third-order valence-corrected chi connectivity index (χ3v) is 8.80. The zero-order valence-corrected chi connectivity index (χ0v) is 17.4. The van der Waals surface area contributed by atoms with E-state index in [1.54, 1.807) is 6.07 Å². The zero-order valence-electron chi connectivity index (χ0n) is 16.6. The van der Waals surface area contributed by atoms with E-state index >= 15 is 0 Å². The Balaban J connectivity index is 1.56. The van der Waals surface area contributed by atoms with Crippen molar-refractivity contribution in [3.8, 4) is 0 Å². The molecule has 3 atom stereocenters. The SMILES string of the molecule is CC1(C)[C@@H]2CC[C@@]1(CS(=O)(=O)N[C@@H](Cc1coc3ccccc13)B(O)O)C(=O)C2. The van der Waals surface area contributed by atoms with E-state index < -0.39 is 28.5 Å². The highest BCUT2D eigenvalue weighted by Gasteiger charge is 2.65. The molecule has 0 aliphatic heterocycles. The molecule has 3 N–H and O–H groups in total. The summed E-state index contributed by atoms with van der Waals surface area (Å²) in [6.45, 7) is 3.95. The monoisotopic (exact) mass is 419 g/mol. The van der Waals surface area contributed by atoms with Crippen molar-refractivity contribution in [3.05, 3.63) is 36.1 Å². The molecular weight excluding hydrogens is 393 g/mol. The van der Waals surface area contributed by atoms with E-state index in [4.69, 9.17) is 4.42 Å². The number of furan rings is 1. The molecule has 9 heteroatoms. The first-order chi connectivity index (χ1) is 13.6. The third kappa shape index (κ3) is 3.34. The summed E-state index contributed by atoms with van der Waals surface area (Å²) < 4.78 is 33.9. The fourth-order valence-electron chi connectivity index (χ4n) is 5.34. The van der Waals surface area contributed by atoms with Crippen LogP contribution in [0.5, 0.6) is 0 Å². The van der Waals surface area contributed by atoms with Crippen molar-refractivity contribution < 1.29 is 27.7 Å². The number of sulfonamides is 1. The van der Waals surface area contributed by atoms with Crippen LogP contribution in [0.15, 0.2) is 34.9 Å². The van der Waals surface area contributed by atoms with Gasteiger partial charge in [-0.2, -0.15) is 0 Å². The lowest BCUT2D eigenvalue weighted by Crippen LogP contribution is -2.52. The number of hydrogen-bond donors (Lipinski definition) is 3. The van der Waals surface area contributed by atoms with Crippen LogP contribution in [0, 0.1) is 16.7 Å². The molecule has 0 spiro atoms. The molecule has 2 aromatic rings. The first-order valence-electron chi connectivity index (χ1n) is 9.90. The van der Waals surface area contributed by atoms with Crippen molar-refractivity contribution >= 4 is 33.9 Å². The van der Waals surface area contributed by atoms with E-state index in [0.29, 0.717) is 24.0 Å².